The molecule has 0 saturated carbocycles. The molecule has 3 aromatic rings. The number of alkyl halides is 2. The molecule has 1 aliphatic rings. The summed E-state index contributed by atoms with van der Waals surface area (Å²) in [6, 6.07) is 11.1. The second kappa shape index (κ2) is 8.52. The van der Waals surface area contributed by atoms with Crippen LogP contribution in [0.4, 0.5) is 20.3 Å². The molecule has 1 aromatic heterocycles. The fourth-order valence-corrected chi connectivity index (χ4v) is 4.06. The van der Waals surface area contributed by atoms with Crippen molar-refractivity contribution in [3.63, 3.8) is 0 Å². The van der Waals surface area contributed by atoms with Gasteiger partial charge in [-0.15, -0.1) is 5.10 Å². The molecule has 1 aliphatic heterocycles. The highest BCUT2D eigenvalue weighted by Crippen LogP contribution is 2.32. The Morgan fingerprint density at radius 3 is 2.47 bits per heavy atom. The first-order valence-electron chi connectivity index (χ1n) is 10.2. The number of aryl methyl sites for hydroxylation is 1. The van der Waals surface area contributed by atoms with E-state index in [9.17, 15) is 8.78 Å². The number of hydrogen-bond acceptors (Lipinski definition) is 5. The zero-order chi connectivity index (χ0) is 21.3. The highest BCUT2D eigenvalue weighted by atomic mass is 19.3. The number of anilines is 2. The monoisotopic (exact) mass is 412 g/mol. The van der Waals surface area contributed by atoms with Crippen LogP contribution in [0.1, 0.15) is 41.8 Å². The van der Waals surface area contributed by atoms with E-state index in [1.165, 1.54) is 6.07 Å². The zero-order valence-electron chi connectivity index (χ0n) is 17.5. The number of rotatable bonds is 5. The summed E-state index contributed by atoms with van der Waals surface area (Å²) in [6.07, 6.45) is -2.49. The van der Waals surface area contributed by atoms with Gasteiger partial charge < -0.3 is 15.0 Å². The highest BCUT2D eigenvalue weighted by molar-refractivity contribution is 5.95. The molecule has 0 bridgehead atoms. The Bertz CT molecular complexity index is 1050. The SMILES string of the molecule is Cc1c(C(F)F)cccc1[C@@H](C)Nc1nnc(C)c2ccc(N3CCOCC3)cc12. The lowest BCUT2D eigenvalue weighted by Crippen LogP contribution is -2.36. The summed E-state index contributed by atoms with van der Waals surface area (Å²) in [5, 5.41) is 14.1. The number of nitrogens with one attached hydrogen (secondary N) is 1. The molecule has 2 heterocycles. The predicted molar refractivity (Wildman–Crippen MR) is 115 cm³/mol. The van der Waals surface area contributed by atoms with Crippen LogP contribution in [0.3, 0.4) is 0 Å². The molecule has 1 atom stereocenters. The second-order valence-corrected chi connectivity index (χ2v) is 7.69. The molecule has 5 nitrogen and oxygen atoms in total. The molecule has 0 radical (unpaired) electrons. The summed E-state index contributed by atoms with van der Waals surface area (Å²) in [5.41, 5.74) is 3.46. The molecular formula is C23H26F2N4O. The van der Waals surface area contributed by atoms with E-state index in [1.807, 2.05) is 19.9 Å². The van der Waals surface area contributed by atoms with E-state index < -0.39 is 6.43 Å². The predicted octanol–water partition coefficient (Wildman–Crippen LogP) is 5.19. The Labute approximate surface area is 175 Å². The van der Waals surface area contributed by atoms with E-state index in [-0.39, 0.29) is 11.6 Å². The van der Waals surface area contributed by atoms with Gasteiger partial charge in [0.2, 0.25) is 0 Å². The molecule has 4 rings (SSSR count). The maximum Gasteiger partial charge on any atom is 0.264 e. The van der Waals surface area contributed by atoms with Crippen molar-refractivity contribution in [3.8, 4) is 0 Å². The fourth-order valence-electron chi connectivity index (χ4n) is 4.06. The zero-order valence-corrected chi connectivity index (χ0v) is 17.5. The molecule has 2 aromatic carbocycles. The number of fused-ring (bicyclic) bond motifs is 1. The van der Waals surface area contributed by atoms with Crippen LogP contribution >= 0.6 is 0 Å². The third-order valence-electron chi connectivity index (χ3n) is 5.80. The standard InChI is InChI=1S/C23H26F2N4O/c1-14-18(5-4-6-19(14)22(24)25)15(2)26-23-21-13-17(29-9-11-30-12-10-29)7-8-20(21)16(3)27-28-23/h4-8,13,15,22H,9-12H2,1-3H3,(H,26,28)/t15-/m1/s1. The lowest BCUT2D eigenvalue weighted by molar-refractivity contribution is 0.122. The van der Waals surface area contributed by atoms with E-state index in [0.29, 0.717) is 24.6 Å². The van der Waals surface area contributed by atoms with E-state index in [2.05, 4.69) is 38.6 Å². The first kappa shape index (κ1) is 20.5. The van der Waals surface area contributed by atoms with Crippen molar-refractivity contribution < 1.29 is 13.5 Å². The average molecular weight is 412 g/mol. The Balaban J connectivity index is 1.70. The molecule has 1 fully saturated rings. The van der Waals surface area contributed by atoms with Crippen LogP contribution in [0.5, 0.6) is 0 Å². The highest BCUT2D eigenvalue weighted by Gasteiger charge is 2.19. The molecule has 1 saturated heterocycles. The van der Waals surface area contributed by atoms with Gasteiger partial charge in [-0.25, -0.2) is 8.78 Å². The minimum absolute atomic E-state index is 0.0654. The molecule has 0 aliphatic carbocycles. The molecule has 30 heavy (non-hydrogen) atoms. The van der Waals surface area contributed by atoms with Crippen molar-refractivity contribution in [3.05, 3.63) is 58.8 Å². The quantitative estimate of drug-likeness (QED) is 0.625. The van der Waals surface area contributed by atoms with Gasteiger partial charge in [-0.3, -0.25) is 0 Å². The van der Waals surface area contributed by atoms with Gasteiger partial charge in [-0.1, -0.05) is 24.3 Å². The number of nitrogens with zero attached hydrogens (tertiary/aromatic N) is 3. The van der Waals surface area contributed by atoms with Gasteiger partial charge in [0, 0.05) is 35.1 Å². The lowest BCUT2D eigenvalue weighted by Gasteiger charge is -2.29. The molecule has 0 amide bonds. The number of ether oxygens (including phenoxy) is 1. The number of morpholine rings is 1. The van der Waals surface area contributed by atoms with E-state index in [0.717, 1.165) is 40.8 Å². The first-order chi connectivity index (χ1) is 14.5. The maximum absolute atomic E-state index is 13.3. The number of halogens is 2. The van der Waals surface area contributed by atoms with Gasteiger partial charge in [-0.2, -0.15) is 5.10 Å². The molecule has 0 unspecified atom stereocenters. The summed E-state index contributed by atoms with van der Waals surface area (Å²) >= 11 is 0. The molecular weight excluding hydrogens is 386 g/mol. The van der Waals surface area contributed by atoms with Crippen molar-refractivity contribution in [2.24, 2.45) is 0 Å². The Kier molecular flexibility index (Phi) is 5.81. The second-order valence-electron chi connectivity index (χ2n) is 7.69. The summed E-state index contributed by atoms with van der Waals surface area (Å²) in [5.74, 6) is 0.653. The van der Waals surface area contributed by atoms with Gasteiger partial charge >= 0.3 is 0 Å². The van der Waals surface area contributed by atoms with Crippen LogP contribution in [0.15, 0.2) is 36.4 Å². The minimum Gasteiger partial charge on any atom is -0.378 e. The summed E-state index contributed by atoms with van der Waals surface area (Å²) in [4.78, 5) is 2.29. The van der Waals surface area contributed by atoms with Crippen molar-refractivity contribution in [2.75, 3.05) is 36.5 Å². The van der Waals surface area contributed by atoms with E-state index in [4.69, 9.17) is 4.74 Å². The Morgan fingerprint density at radius 2 is 1.73 bits per heavy atom. The van der Waals surface area contributed by atoms with Gasteiger partial charge in [0.15, 0.2) is 5.82 Å². The summed E-state index contributed by atoms with van der Waals surface area (Å²) in [6.45, 7) is 8.76. The van der Waals surface area contributed by atoms with Gasteiger partial charge in [0.25, 0.3) is 6.43 Å². The topological polar surface area (TPSA) is 50.3 Å². The van der Waals surface area contributed by atoms with E-state index in [1.54, 1.807) is 13.0 Å². The summed E-state index contributed by atoms with van der Waals surface area (Å²) in [7, 11) is 0. The summed E-state index contributed by atoms with van der Waals surface area (Å²) < 4.78 is 32.1. The Morgan fingerprint density at radius 1 is 1.00 bits per heavy atom. The van der Waals surface area contributed by atoms with Crippen molar-refractivity contribution >= 4 is 22.3 Å². The van der Waals surface area contributed by atoms with Gasteiger partial charge in [-0.05, 0) is 44.0 Å². The van der Waals surface area contributed by atoms with Gasteiger partial charge in [0.05, 0.1) is 24.9 Å². The molecule has 158 valence electrons. The van der Waals surface area contributed by atoms with Crippen molar-refractivity contribution in [2.45, 2.75) is 33.2 Å². The molecule has 7 heteroatoms. The van der Waals surface area contributed by atoms with Crippen LogP contribution in [-0.2, 0) is 4.74 Å². The van der Waals surface area contributed by atoms with Crippen LogP contribution in [0.2, 0.25) is 0 Å². The third kappa shape index (κ3) is 3.94. The van der Waals surface area contributed by atoms with Crippen molar-refractivity contribution in [1.82, 2.24) is 10.2 Å². The van der Waals surface area contributed by atoms with Crippen LogP contribution < -0.4 is 10.2 Å². The number of hydrogen-bond donors (Lipinski definition) is 1. The Hall–Kier alpha value is -2.80. The molecule has 0 spiro atoms. The normalized spacial score (nSPS) is 15.6. The lowest BCUT2D eigenvalue weighted by atomic mass is 9.97. The van der Waals surface area contributed by atoms with Crippen LogP contribution in [0, 0.1) is 13.8 Å². The largest absolute Gasteiger partial charge is 0.378 e. The van der Waals surface area contributed by atoms with Crippen LogP contribution in [-0.4, -0.2) is 36.5 Å². The smallest absolute Gasteiger partial charge is 0.264 e. The number of benzene rings is 2. The van der Waals surface area contributed by atoms with Gasteiger partial charge in [0.1, 0.15) is 0 Å². The minimum atomic E-state index is -2.49. The van der Waals surface area contributed by atoms with E-state index >= 15 is 0 Å². The van der Waals surface area contributed by atoms with Crippen LogP contribution in [0.25, 0.3) is 10.8 Å². The first-order valence-corrected chi connectivity index (χ1v) is 10.2. The average Bonchev–Trinajstić information content (AvgIpc) is 2.76. The third-order valence-corrected chi connectivity index (χ3v) is 5.80. The number of aromatic nitrogens is 2. The fraction of sp³-hybridized carbons (Fsp3) is 0.391. The van der Waals surface area contributed by atoms with Crippen molar-refractivity contribution in [1.29, 1.82) is 0 Å². The maximum atomic E-state index is 13.3. The molecule has 1 N–H and O–H groups in total.